The molecular formula is C18H19N3O8S2. The third-order valence-electron chi connectivity index (χ3n) is 4.02. The molecule has 3 heterocycles. The highest BCUT2D eigenvalue weighted by Gasteiger charge is 2.35. The van der Waals surface area contributed by atoms with Crippen molar-refractivity contribution in [3.8, 4) is 0 Å². The van der Waals surface area contributed by atoms with Crippen molar-refractivity contribution in [3.63, 3.8) is 0 Å². The van der Waals surface area contributed by atoms with Crippen molar-refractivity contribution in [2.24, 2.45) is 0 Å². The fourth-order valence-corrected chi connectivity index (χ4v) is 4.70. The fourth-order valence-electron chi connectivity index (χ4n) is 2.70. The van der Waals surface area contributed by atoms with Gasteiger partial charge in [-0.1, -0.05) is 6.07 Å². The normalized spacial score (nSPS) is 16.4. The molecule has 1 aliphatic rings. The molecule has 1 unspecified atom stereocenters. The van der Waals surface area contributed by atoms with Crippen molar-refractivity contribution in [3.05, 3.63) is 52.9 Å². The Labute approximate surface area is 181 Å². The molecule has 0 radical (unpaired) electrons. The summed E-state index contributed by atoms with van der Waals surface area (Å²) in [4.78, 5) is 36.6. The Balaban J connectivity index is 1.73. The number of urea groups is 1. The lowest BCUT2D eigenvalue weighted by Crippen LogP contribution is -2.47. The Morgan fingerprint density at radius 3 is 2.71 bits per heavy atom. The molecule has 2 amide bonds. The molecule has 0 aromatic carbocycles. The van der Waals surface area contributed by atoms with Crippen molar-refractivity contribution in [1.82, 2.24) is 15.4 Å². The second-order valence-electron chi connectivity index (χ2n) is 6.08. The smallest absolute Gasteiger partial charge is 0.338 e. The molecule has 166 valence electrons. The number of nitrogens with one attached hydrogen (secondary N) is 3. The van der Waals surface area contributed by atoms with Crippen LogP contribution in [0.25, 0.3) is 0 Å². The fraction of sp³-hybridized carbons (Fsp3) is 0.278. The second kappa shape index (κ2) is 9.76. The van der Waals surface area contributed by atoms with E-state index in [4.69, 9.17) is 13.9 Å². The van der Waals surface area contributed by atoms with Gasteiger partial charge in [0.1, 0.15) is 29.2 Å². The molecule has 3 N–H and O–H groups in total. The SMILES string of the molecule is CCOC(=O)C1=C(COC(=O)CNS(=O)(=O)c2cccs2)NC(=O)NC1c1ccco1. The van der Waals surface area contributed by atoms with Crippen molar-refractivity contribution in [2.45, 2.75) is 17.2 Å². The van der Waals surface area contributed by atoms with Gasteiger partial charge >= 0.3 is 18.0 Å². The highest BCUT2D eigenvalue weighted by molar-refractivity contribution is 7.91. The number of hydrogen-bond donors (Lipinski definition) is 3. The van der Waals surface area contributed by atoms with Crippen LogP contribution in [-0.2, 0) is 29.1 Å². The summed E-state index contributed by atoms with van der Waals surface area (Å²) >= 11 is 1.00. The molecule has 0 aliphatic carbocycles. The van der Waals surface area contributed by atoms with E-state index in [0.717, 1.165) is 11.3 Å². The van der Waals surface area contributed by atoms with E-state index in [0.29, 0.717) is 0 Å². The van der Waals surface area contributed by atoms with Gasteiger partial charge in [0.05, 0.1) is 24.1 Å². The Kier molecular flexibility index (Phi) is 7.09. The van der Waals surface area contributed by atoms with Crippen LogP contribution in [0.15, 0.2) is 55.8 Å². The second-order valence-corrected chi connectivity index (χ2v) is 9.02. The lowest BCUT2D eigenvalue weighted by atomic mass is 10.0. The predicted octanol–water partition coefficient (Wildman–Crippen LogP) is 1.03. The average Bonchev–Trinajstić information content (AvgIpc) is 3.45. The maximum Gasteiger partial charge on any atom is 0.338 e. The van der Waals surface area contributed by atoms with Gasteiger partial charge in [0, 0.05) is 0 Å². The maximum atomic E-state index is 12.5. The minimum atomic E-state index is -3.84. The number of furan rings is 1. The molecule has 13 heteroatoms. The molecule has 3 rings (SSSR count). The molecule has 0 saturated heterocycles. The maximum absolute atomic E-state index is 12.5. The zero-order valence-corrected chi connectivity index (χ0v) is 17.9. The van der Waals surface area contributed by atoms with Crippen LogP contribution < -0.4 is 15.4 Å². The number of rotatable bonds is 9. The zero-order chi connectivity index (χ0) is 22.4. The van der Waals surface area contributed by atoms with E-state index in [2.05, 4.69) is 15.4 Å². The molecule has 2 aromatic heterocycles. The summed E-state index contributed by atoms with van der Waals surface area (Å²) in [5.74, 6) is -1.36. The Bertz CT molecular complexity index is 1080. The molecule has 0 spiro atoms. The predicted molar refractivity (Wildman–Crippen MR) is 107 cm³/mol. The van der Waals surface area contributed by atoms with Gasteiger partial charge in [0.2, 0.25) is 0 Å². The first-order chi connectivity index (χ1) is 14.8. The first kappa shape index (κ1) is 22.5. The van der Waals surface area contributed by atoms with Crippen LogP contribution in [0.4, 0.5) is 4.79 Å². The summed E-state index contributed by atoms with van der Waals surface area (Å²) in [7, 11) is -3.84. The summed E-state index contributed by atoms with van der Waals surface area (Å²) in [6.07, 6.45) is 1.38. The number of carbonyl (C=O) groups excluding carboxylic acids is 3. The number of thiophene rings is 1. The van der Waals surface area contributed by atoms with Crippen molar-refractivity contribution in [2.75, 3.05) is 19.8 Å². The minimum absolute atomic E-state index is 0.00179. The van der Waals surface area contributed by atoms with E-state index >= 15 is 0 Å². The summed E-state index contributed by atoms with van der Waals surface area (Å²) in [5, 5.41) is 6.56. The van der Waals surface area contributed by atoms with Crippen molar-refractivity contribution < 1.29 is 36.7 Å². The van der Waals surface area contributed by atoms with Gasteiger partial charge in [0.15, 0.2) is 0 Å². The zero-order valence-electron chi connectivity index (χ0n) is 16.2. The molecule has 0 fully saturated rings. The molecule has 0 saturated carbocycles. The summed E-state index contributed by atoms with van der Waals surface area (Å²) in [6, 6.07) is 4.53. The van der Waals surface area contributed by atoms with Crippen LogP contribution in [0.1, 0.15) is 18.7 Å². The van der Waals surface area contributed by atoms with Gasteiger partial charge in [-0.3, -0.25) is 4.79 Å². The molecule has 31 heavy (non-hydrogen) atoms. The van der Waals surface area contributed by atoms with E-state index in [1.807, 2.05) is 0 Å². The van der Waals surface area contributed by atoms with Gasteiger partial charge in [-0.25, -0.2) is 18.0 Å². The van der Waals surface area contributed by atoms with Gasteiger partial charge in [-0.05, 0) is 30.5 Å². The summed E-state index contributed by atoms with van der Waals surface area (Å²) < 4.78 is 41.8. The third-order valence-corrected chi connectivity index (χ3v) is 6.82. The van der Waals surface area contributed by atoms with Gasteiger partial charge in [-0.2, -0.15) is 4.72 Å². The topological polar surface area (TPSA) is 153 Å². The Hall–Kier alpha value is -3.16. The first-order valence-electron chi connectivity index (χ1n) is 9.01. The third kappa shape index (κ3) is 5.51. The monoisotopic (exact) mass is 469 g/mol. The quantitative estimate of drug-likeness (QED) is 0.461. The standard InChI is InChI=1S/C18H19N3O8S2/c1-2-27-17(23)15-11(20-18(24)21-16(15)12-5-3-7-28-12)10-29-13(22)9-19-31(25,26)14-6-4-8-30-14/h3-8,16,19H,2,9-10H2,1H3,(H2,20,21,24). The number of amides is 2. The molecule has 11 nitrogen and oxygen atoms in total. The van der Waals surface area contributed by atoms with Crippen LogP contribution in [-0.4, -0.2) is 46.1 Å². The van der Waals surface area contributed by atoms with Gasteiger partial charge < -0.3 is 24.5 Å². The van der Waals surface area contributed by atoms with E-state index in [1.54, 1.807) is 30.5 Å². The van der Waals surface area contributed by atoms with Gasteiger partial charge in [0.25, 0.3) is 10.0 Å². The number of carbonyl (C=O) groups is 3. The van der Waals surface area contributed by atoms with Gasteiger partial charge in [-0.15, -0.1) is 11.3 Å². The first-order valence-corrected chi connectivity index (χ1v) is 11.4. The van der Waals surface area contributed by atoms with E-state index in [9.17, 15) is 22.8 Å². The highest BCUT2D eigenvalue weighted by atomic mass is 32.2. The van der Waals surface area contributed by atoms with Crippen LogP contribution in [0.3, 0.4) is 0 Å². The van der Waals surface area contributed by atoms with E-state index < -0.39 is 47.2 Å². The number of ether oxygens (including phenoxy) is 2. The van der Waals surface area contributed by atoms with Crippen LogP contribution in [0, 0.1) is 0 Å². The van der Waals surface area contributed by atoms with Crippen LogP contribution in [0.5, 0.6) is 0 Å². The largest absolute Gasteiger partial charge is 0.467 e. The molecule has 2 aromatic rings. The van der Waals surface area contributed by atoms with Crippen molar-refractivity contribution in [1.29, 1.82) is 0 Å². The minimum Gasteiger partial charge on any atom is -0.467 e. The highest BCUT2D eigenvalue weighted by Crippen LogP contribution is 2.28. The molecular weight excluding hydrogens is 450 g/mol. The molecule has 1 aliphatic heterocycles. The van der Waals surface area contributed by atoms with Crippen LogP contribution in [0.2, 0.25) is 0 Å². The summed E-state index contributed by atoms with van der Waals surface area (Å²) in [6.45, 7) is 0.585. The number of esters is 2. The Morgan fingerprint density at radius 1 is 1.26 bits per heavy atom. The molecule has 0 bridgehead atoms. The van der Waals surface area contributed by atoms with Crippen LogP contribution >= 0.6 is 11.3 Å². The lowest BCUT2D eigenvalue weighted by Gasteiger charge is -2.27. The number of hydrogen-bond acceptors (Lipinski definition) is 9. The van der Waals surface area contributed by atoms with E-state index in [1.165, 1.54) is 12.3 Å². The molecule has 1 atom stereocenters. The van der Waals surface area contributed by atoms with Crippen molar-refractivity contribution >= 4 is 39.3 Å². The van der Waals surface area contributed by atoms with E-state index in [-0.39, 0.29) is 27.8 Å². The lowest BCUT2D eigenvalue weighted by molar-refractivity contribution is -0.142. The summed E-state index contributed by atoms with van der Waals surface area (Å²) in [5.41, 5.74) is 0.00132. The number of sulfonamides is 1. The average molecular weight is 469 g/mol. The Morgan fingerprint density at radius 2 is 2.06 bits per heavy atom.